The number of nitrogens with two attached hydrogens (primary N) is 2. The van der Waals surface area contributed by atoms with Gasteiger partial charge in [0.2, 0.25) is 0 Å². The number of aromatic amines is 2. The Kier molecular flexibility index (Phi) is 27.7. The highest BCUT2D eigenvalue weighted by atomic mass is 31.2. The molecule has 6 N–H and O–H groups in total. The number of nitrogens with zero attached hydrogens (tertiary/aromatic N) is 14. The van der Waals surface area contributed by atoms with Crippen molar-refractivity contribution in [1.82, 2.24) is 75.8 Å². The molecule has 4 aromatic heterocycles. The molecule has 4 aromatic rings. The third-order valence-corrected chi connectivity index (χ3v) is 26.5. The lowest BCUT2D eigenvalue weighted by molar-refractivity contribution is -0.132. The third-order valence-electron chi connectivity index (χ3n) is 17.4. The maximum absolute atomic E-state index is 15.8. The SMILES string of the molecule is Cc1cn(C2CN(C)CC(CO[P+](=O)N3CC(CO[P+](=O)N4CC(COP(=O)(N(C)C)N5CC(CO[P+](=O)N6CC(C)OC(COP(=O)(N(C)C)N7CC(C)OC(CO[P+](C)=O)C7)C6)OC(n6cc(C)c(=O)[nH]c6=O)C5)OC(n5ccc(N)nc5=O)C4)OC(n4ccc(N)nc4=O)C3)O2)c(=O)[nH]c1=O. The number of nitrogen functional groups attached to an aromatic ring is 2. The highest BCUT2D eigenvalue weighted by Crippen LogP contribution is 2.56. The Hall–Kier alpha value is -5.22. The molecule has 0 amide bonds. The fourth-order valence-corrected chi connectivity index (χ4v) is 20.1. The molecule has 18 atom stereocenters. The van der Waals surface area contributed by atoms with E-state index in [9.17, 15) is 51.6 Å². The molecule has 574 valence electrons. The largest absolute Gasteiger partial charge is 0.616 e. The molecule has 48 heteroatoms. The summed E-state index contributed by atoms with van der Waals surface area (Å²) in [6.45, 7) is 6.10. The van der Waals surface area contributed by atoms with Crippen molar-refractivity contribution in [2.45, 2.75) is 101 Å². The van der Waals surface area contributed by atoms with E-state index in [2.05, 4.69) is 19.9 Å². The predicted octanol–water partition coefficient (Wildman–Crippen LogP) is 0.771. The Morgan fingerprint density at radius 1 is 0.490 bits per heavy atom. The van der Waals surface area contributed by atoms with Crippen molar-refractivity contribution in [1.29, 1.82) is 0 Å². The number of likely N-dealkylation sites (N-methyl/N-ethyl adjacent to an activating group) is 1. The van der Waals surface area contributed by atoms with E-state index in [-0.39, 0.29) is 121 Å². The molecule has 0 saturated carbocycles. The zero-order valence-electron chi connectivity index (χ0n) is 59.0. The van der Waals surface area contributed by atoms with Crippen molar-refractivity contribution in [2.75, 3.05) is 172 Å². The number of morpholine rings is 6. The molecule has 6 aliphatic heterocycles. The van der Waals surface area contributed by atoms with Gasteiger partial charge in [0.1, 0.15) is 62.5 Å². The highest BCUT2D eigenvalue weighted by Gasteiger charge is 2.50. The minimum absolute atomic E-state index is 0.0159. The van der Waals surface area contributed by atoms with Crippen molar-refractivity contribution < 1.29 is 83.0 Å². The van der Waals surface area contributed by atoms with E-state index in [0.29, 0.717) is 6.54 Å². The number of aryl methyl sites for hydroxylation is 2. The van der Waals surface area contributed by atoms with Crippen molar-refractivity contribution in [3.63, 3.8) is 0 Å². The minimum atomic E-state index is -4.33. The van der Waals surface area contributed by atoms with Crippen LogP contribution in [0, 0.1) is 13.8 Å². The molecular weight excluding hydrogens is 1490 g/mol. The predicted molar refractivity (Wildman–Crippen MR) is 372 cm³/mol. The third kappa shape index (κ3) is 20.4. The van der Waals surface area contributed by atoms with E-state index in [1.807, 2.05) is 11.8 Å². The zero-order valence-corrected chi connectivity index (χ0v) is 64.4. The van der Waals surface area contributed by atoms with Crippen LogP contribution in [0.5, 0.6) is 0 Å². The average molecular weight is 1590 g/mol. The van der Waals surface area contributed by atoms with Crippen LogP contribution in [0.3, 0.4) is 0 Å². The Morgan fingerprint density at radius 2 is 0.846 bits per heavy atom. The summed E-state index contributed by atoms with van der Waals surface area (Å²) < 4.78 is 174. The maximum atomic E-state index is 15.8. The smallest absolute Gasteiger partial charge is 0.383 e. The van der Waals surface area contributed by atoms with Crippen LogP contribution in [0.4, 0.5) is 11.6 Å². The monoisotopic (exact) mass is 1580 g/mol. The molecule has 0 spiro atoms. The first-order valence-electron chi connectivity index (χ1n) is 33.1. The Labute approximate surface area is 599 Å². The molecule has 42 nitrogen and oxygen atoms in total. The first-order chi connectivity index (χ1) is 49.2. The van der Waals surface area contributed by atoms with Gasteiger partial charge < -0.3 is 48.9 Å². The molecule has 0 radical (unpaired) electrons. The van der Waals surface area contributed by atoms with Crippen LogP contribution in [0.2, 0.25) is 0 Å². The number of hydrogen-bond donors (Lipinski definition) is 4. The summed E-state index contributed by atoms with van der Waals surface area (Å²) >= 11 is 0. The molecule has 6 aliphatic rings. The first-order valence-corrected chi connectivity index (χ1v) is 41.2. The Bertz CT molecular complexity index is 4250. The molecule has 0 aromatic carbocycles. The summed E-state index contributed by atoms with van der Waals surface area (Å²) in [4.78, 5) is 92.0. The van der Waals surface area contributed by atoms with Crippen molar-refractivity contribution in [2.24, 2.45) is 0 Å². The minimum Gasteiger partial charge on any atom is -0.383 e. The van der Waals surface area contributed by atoms with Crippen LogP contribution in [-0.4, -0.2) is 285 Å². The quantitative estimate of drug-likeness (QED) is 0.0545. The lowest BCUT2D eigenvalue weighted by Crippen LogP contribution is -2.51. The van der Waals surface area contributed by atoms with Gasteiger partial charge in [-0.25, -0.2) is 37.9 Å². The number of rotatable bonds is 29. The topological polar surface area (TPSA) is 471 Å². The number of aromatic nitrogens is 8. The van der Waals surface area contributed by atoms with E-state index in [4.69, 9.17) is 67.0 Å². The second-order valence-corrected chi connectivity index (χ2v) is 36.5. The Morgan fingerprint density at radius 3 is 1.28 bits per heavy atom. The summed E-state index contributed by atoms with van der Waals surface area (Å²) in [5, 5.41) is 0. The van der Waals surface area contributed by atoms with E-state index in [1.54, 1.807) is 44.3 Å². The lowest BCUT2D eigenvalue weighted by atomic mass is 10.2. The van der Waals surface area contributed by atoms with Crippen LogP contribution in [-0.2, 0) is 83.0 Å². The van der Waals surface area contributed by atoms with Crippen LogP contribution < -0.4 is 45.3 Å². The zero-order chi connectivity index (χ0) is 75.2. The van der Waals surface area contributed by atoms with E-state index in [1.165, 1.54) is 92.5 Å². The summed E-state index contributed by atoms with van der Waals surface area (Å²) in [5.74, 6) is -0.172. The molecule has 6 saturated heterocycles. The van der Waals surface area contributed by atoms with E-state index >= 15 is 4.57 Å². The van der Waals surface area contributed by atoms with Gasteiger partial charge >= 0.3 is 70.7 Å². The molecular formula is C56H90N18O24P6+4. The second-order valence-electron chi connectivity index (χ2n) is 26.2. The first kappa shape index (κ1) is 81.3. The van der Waals surface area contributed by atoms with Gasteiger partial charge in [0.25, 0.3) is 11.1 Å². The molecule has 10 heterocycles. The van der Waals surface area contributed by atoms with Gasteiger partial charge in [-0.3, -0.25) is 51.9 Å². The van der Waals surface area contributed by atoms with Crippen molar-refractivity contribution in [3.05, 3.63) is 111 Å². The van der Waals surface area contributed by atoms with Gasteiger partial charge in [-0.1, -0.05) is 14.0 Å². The van der Waals surface area contributed by atoms with Gasteiger partial charge in [-0.15, -0.1) is 18.1 Å². The fourth-order valence-electron chi connectivity index (χ4n) is 12.4. The summed E-state index contributed by atoms with van der Waals surface area (Å²) in [6.07, 6.45) is -5.36. The standard InChI is InChI=1S/C56H86N18O24P6/c1-35-15-73(55(79)61-51(35)75)47-25-65(9)19-39(95-47)30-88-101(83)67-20-40(96-48(26-67)71-13-11-45(57)59-53(71)77)31-89-102(84)68-22-42(97-49(27-68)72-14-12-46(58)60-54(72)78)34-92-104(86,64(7)8)70-24-44(98-50(28-70)74-16-36(2)52(76)62-56(74)80)32-90-100(82)66-17-37(3)93-41(21-66)33-91-103(85,63(5)6)69-18-38(4)94-43(23-69)29-87-99(10)81/h11-16,37-44,47-50H,17-34H2,1-10H3,(H2-4,57,58,59,60,61,62,75,76,77,78,79,80)/p+4. The summed E-state index contributed by atoms with van der Waals surface area (Å²) in [6, 6.07) is 2.72. The molecule has 0 bridgehead atoms. The van der Waals surface area contributed by atoms with Gasteiger partial charge in [-0.05, 0) is 93.3 Å². The van der Waals surface area contributed by atoms with Crippen LogP contribution in [0.1, 0.15) is 49.9 Å². The fraction of sp³-hybridized carbons (Fsp3) is 0.714. The van der Waals surface area contributed by atoms with Gasteiger partial charge in [0.05, 0.1) is 83.4 Å². The number of anilines is 2. The second kappa shape index (κ2) is 35.4. The average Bonchev–Trinajstić information content (AvgIpc) is 0.795. The Balaban J connectivity index is 0.821. The molecule has 18 unspecified atom stereocenters. The van der Waals surface area contributed by atoms with E-state index < -0.39 is 169 Å². The molecule has 104 heavy (non-hydrogen) atoms. The van der Waals surface area contributed by atoms with Crippen LogP contribution >= 0.6 is 47.9 Å². The number of hydrogen-bond acceptors (Lipinski definition) is 29. The normalized spacial score (nSPS) is 28.6. The number of ether oxygens (including phenoxy) is 6. The molecule has 6 fully saturated rings. The van der Waals surface area contributed by atoms with E-state index in [0.717, 1.165) is 13.7 Å². The van der Waals surface area contributed by atoms with Crippen LogP contribution in [0.25, 0.3) is 0 Å². The summed E-state index contributed by atoms with van der Waals surface area (Å²) in [7, 11) is -10.3. The van der Waals surface area contributed by atoms with Crippen LogP contribution in [0.15, 0.2) is 65.7 Å². The van der Waals surface area contributed by atoms with Gasteiger partial charge in [0, 0.05) is 68.6 Å². The van der Waals surface area contributed by atoms with Gasteiger partial charge in [0.15, 0.2) is 31.6 Å². The summed E-state index contributed by atoms with van der Waals surface area (Å²) in [5.41, 5.74) is 7.77. The lowest BCUT2D eigenvalue weighted by Gasteiger charge is -2.43. The van der Waals surface area contributed by atoms with Crippen molar-refractivity contribution >= 4 is 59.5 Å². The molecule has 0 aliphatic carbocycles. The maximum Gasteiger partial charge on any atom is 0.616 e. The highest BCUT2D eigenvalue weighted by molar-refractivity contribution is 7.54. The number of H-pyrrole nitrogens is 2. The van der Waals surface area contributed by atoms with Crippen molar-refractivity contribution in [3.8, 4) is 0 Å². The van der Waals surface area contributed by atoms with Gasteiger partial charge in [-0.2, -0.15) is 9.97 Å². The molecule has 10 rings (SSSR count). The number of nitrogens with one attached hydrogen (secondary N) is 2.